The van der Waals surface area contributed by atoms with E-state index in [0.717, 1.165) is 40.5 Å². The Morgan fingerprint density at radius 3 is 1.34 bits per heavy atom. The molecule has 2 N–H and O–H groups in total. The van der Waals surface area contributed by atoms with E-state index in [1.807, 2.05) is 62.4 Å². The summed E-state index contributed by atoms with van der Waals surface area (Å²) in [5.74, 6) is 1.28. The molecule has 0 unspecified atom stereocenters. The first-order valence-corrected chi connectivity index (χ1v) is 12.0. The van der Waals surface area contributed by atoms with Crippen LogP contribution in [0.5, 0.6) is 11.5 Å². The van der Waals surface area contributed by atoms with Crippen LogP contribution >= 0.6 is 0 Å². The third-order valence-electron chi connectivity index (χ3n) is 5.46. The van der Waals surface area contributed by atoms with Crippen molar-refractivity contribution in [2.75, 3.05) is 14.2 Å². The maximum absolute atomic E-state index is 12.1. The molecule has 2 aromatic carbocycles. The standard InChI is InChI=1S/C27H36N4O4/c1-5-24(20-12-16-22(34-3)17-13-20)28-30-26(32)10-8-7-9-11-27(33)31-29-25(6-2)21-14-18-23(35-4)19-15-21/h12-19H,5-11H2,1-4H3,(H,30,32)(H,31,33)/b28-24+,29-25+. The summed E-state index contributed by atoms with van der Waals surface area (Å²) in [6.45, 7) is 3.98. The normalized spacial score (nSPS) is 11.7. The highest BCUT2D eigenvalue weighted by molar-refractivity contribution is 6.01. The molecule has 0 bridgehead atoms. The smallest absolute Gasteiger partial charge is 0.240 e. The second-order valence-corrected chi connectivity index (χ2v) is 7.91. The van der Waals surface area contributed by atoms with Gasteiger partial charge in [0.1, 0.15) is 11.5 Å². The van der Waals surface area contributed by atoms with Gasteiger partial charge >= 0.3 is 0 Å². The number of carbonyl (C=O) groups is 2. The van der Waals surface area contributed by atoms with Crippen LogP contribution in [0.15, 0.2) is 58.7 Å². The largest absolute Gasteiger partial charge is 0.497 e. The first kappa shape index (κ1) is 27.6. The maximum atomic E-state index is 12.1. The summed E-state index contributed by atoms with van der Waals surface area (Å²) < 4.78 is 10.3. The Morgan fingerprint density at radius 1 is 0.657 bits per heavy atom. The zero-order valence-electron chi connectivity index (χ0n) is 21.1. The second kappa shape index (κ2) is 15.3. The maximum Gasteiger partial charge on any atom is 0.240 e. The van der Waals surface area contributed by atoms with Crippen LogP contribution in [0.2, 0.25) is 0 Å². The quantitative estimate of drug-likeness (QED) is 0.230. The van der Waals surface area contributed by atoms with Gasteiger partial charge in [-0.1, -0.05) is 20.3 Å². The molecule has 0 aliphatic rings. The van der Waals surface area contributed by atoms with Crippen molar-refractivity contribution >= 4 is 23.2 Å². The number of hydrogen-bond acceptors (Lipinski definition) is 6. The van der Waals surface area contributed by atoms with Gasteiger partial charge in [-0.25, -0.2) is 10.9 Å². The van der Waals surface area contributed by atoms with Gasteiger partial charge in [-0.15, -0.1) is 0 Å². The van der Waals surface area contributed by atoms with Crippen molar-refractivity contribution < 1.29 is 19.1 Å². The number of carbonyl (C=O) groups excluding carboxylic acids is 2. The van der Waals surface area contributed by atoms with E-state index in [2.05, 4.69) is 21.1 Å². The minimum atomic E-state index is -0.134. The van der Waals surface area contributed by atoms with Gasteiger partial charge < -0.3 is 9.47 Å². The number of hydrazone groups is 2. The van der Waals surface area contributed by atoms with E-state index in [9.17, 15) is 9.59 Å². The molecule has 0 aromatic heterocycles. The Kier molecular flexibility index (Phi) is 12.0. The van der Waals surface area contributed by atoms with Crippen molar-refractivity contribution in [2.24, 2.45) is 10.2 Å². The van der Waals surface area contributed by atoms with Gasteiger partial charge in [0.2, 0.25) is 11.8 Å². The lowest BCUT2D eigenvalue weighted by Crippen LogP contribution is -2.20. The number of rotatable bonds is 14. The van der Waals surface area contributed by atoms with Crippen LogP contribution in [0.1, 0.15) is 69.9 Å². The SMILES string of the molecule is CC/C(=N\NC(=O)CCCCCC(=O)N/N=C(\CC)c1ccc(OC)cc1)c1ccc(OC)cc1. The van der Waals surface area contributed by atoms with E-state index in [0.29, 0.717) is 38.5 Å². The van der Waals surface area contributed by atoms with Crippen molar-refractivity contribution in [1.82, 2.24) is 10.9 Å². The predicted octanol–water partition coefficient (Wildman–Crippen LogP) is 4.82. The number of benzene rings is 2. The zero-order valence-corrected chi connectivity index (χ0v) is 21.1. The van der Waals surface area contributed by atoms with Crippen molar-refractivity contribution in [3.63, 3.8) is 0 Å². The molecule has 2 amide bonds. The summed E-state index contributed by atoms with van der Waals surface area (Å²) >= 11 is 0. The molecule has 0 radical (unpaired) electrons. The molecule has 0 heterocycles. The summed E-state index contributed by atoms with van der Waals surface area (Å²) in [6, 6.07) is 15.1. The molecule has 0 saturated heterocycles. The lowest BCUT2D eigenvalue weighted by Gasteiger charge is -2.07. The number of unbranched alkanes of at least 4 members (excludes halogenated alkanes) is 2. The number of ether oxygens (including phenoxy) is 2. The molecule has 0 fully saturated rings. The third kappa shape index (κ3) is 9.60. The zero-order chi connectivity index (χ0) is 25.5. The molecule has 0 aliphatic carbocycles. The molecule has 0 atom stereocenters. The van der Waals surface area contributed by atoms with E-state index in [1.165, 1.54) is 0 Å². The van der Waals surface area contributed by atoms with Crippen molar-refractivity contribution in [3.8, 4) is 11.5 Å². The fourth-order valence-corrected chi connectivity index (χ4v) is 3.38. The number of amides is 2. The number of hydrogen-bond donors (Lipinski definition) is 2. The van der Waals surface area contributed by atoms with Gasteiger partial charge in [0.25, 0.3) is 0 Å². The van der Waals surface area contributed by atoms with Crippen molar-refractivity contribution in [3.05, 3.63) is 59.7 Å². The number of methoxy groups -OCH3 is 2. The average Bonchev–Trinajstić information content (AvgIpc) is 2.89. The van der Waals surface area contributed by atoms with Crippen LogP contribution in [0.3, 0.4) is 0 Å². The van der Waals surface area contributed by atoms with Crippen LogP contribution in [0, 0.1) is 0 Å². The first-order valence-electron chi connectivity index (χ1n) is 12.0. The van der Waals surface area contributed by atoms with Gasteiger partial charge in [0, 0.05) is 12.8 Å². The molecular formula is C27H36N4O4. The molecule has 8 nitrogen and oxygen atoms in total. The highest BCUT2D eigenvalue weighted by Gasteiger charge is 2.07. The average molecular weight is 481 g/mol. The highest BCUT2D eigenvalue weighted by atomic mass is 16.5. The molecule has 2 aromatic rings. The van der Waals surface area contributed by atoms with Gasteiger partial charge in [-0.05, 0) is 85.3 Å². The van der Waals surface area contributed by atoms with Gasteiger partial charge in [0.15, 0.2) is 0 Å². The molecule has 2 rings (SSSR count). The fraction of sp³-hybridized carbons (Fsp3) is 0.407. The second-order valence-electron chi connectivity index (χ2n) is 7.91. The molecule has 0 saturated carbocycles. The van der Waals surface area contributed by atoms with Crippen LogP contribution in [0.25, 0.3) is 0 Å². The van der Waals surface area contributed by atoms with E-state index in [1.54, 1.807) is 14.2 Å². The molecule has 188 valence electrons. The van der Waals surface area contributed by atoms with E-state index < -0.39 is 0 Å². The minimum absolute atomic E-state index is 0.134. The number of nitrogens with zero attached hydrogens (tertiary/aromatic N) is 2. The monoisotopic (exact) mass is 480 g/mol. The summed E-state index contributed by atoms with van der Waals surface area (Å²) in [5, 5.41) is 8.54. The Bertz CT molecular complexity index is 917. The van der Waals surface area contributed by atoms with Crippen LogP contribution < -0.4 is 20.3 Å². The van der Waals surface area contributed by atoms with Gasteiger partial charge in [-0.2, -0.15) is 10.2 Å². The van der Waals surface area contributed by atoms with Gasteiger partial charge in [-0.3, -0.25) is 9.59 Å². The van der Waals surface area contributed by atoms with E-state index in [-0.39, 0.29) is 11.8 Å². The molecule has 0 aliphatic heterocycles. The van der Waals surface area contributed by atoms with Crippen LogP contribution in [0.4, 0.5) is 0 Å². The Balaban J connectivity index is 1.69. The van der Waals surface area contributed by atoms with Crippen LogP contribution in [-0.2, 0) is 9.59 Å². The molecule has 35 heavy (non-hydrogen) atoms. The van der Waals surface area contributed by atoms with Crippen LogP contribution in [-0.4, -0.2) is 37.5 Å². The van der Waals surface area contributed by atoms with Crippen molar-refractivity contribution in [2.45, 2.75) is 58.8 Å². The Hall–Kier alpha value is -3.68. The van der Waals surface area contributed by atoms with Crippen molar-refractivity contribution in [1.29, 1.82) is 0 Å². The summed E-state index contributed by atoms with van der Waals surface area (Å²) in [5.41, 5.74) is 8.77. The predicted molar refractivity (Wildman–Crippen MR) is 139 cm³/mol. The van der Waals surface area contributed by atoms with Gasteiger partial charge in [0.05, 0.1) is 25.6 Å². The highest BCUT2D eigenvalue weighted by Crippen LogP contribution is 2.14. The summed E-state index contributed by atoms with van der Waals surface area (Å²) in [7, 11) is 3.24. The summed E-state index contributed by atoms with van der Waals surface area (Å²) in [6.07, 6.45) is 4.26. The minimum Gasteiger partial charge on any atom is -0.497 e. The molecule has 0 spiro atoms. The fourth-order valence-electron chi connectivity index (χ4n) is 3.38. The lowest BCUT2D eigenvalue weighted by molar-refractivity contribution is -0.121. The van der Waals surface area contributed by atoms with E-state index >= 15 is 0 Å². The molecular weight excluding hydrogens is 444 g/mol. The Morgan fingerprint density at radius 2 is 1.03 bits per heavy atom. The topological polar surface area (TPSA) is 101 Å². The first-order chi connectivity index (χ1) is 17.0. The van der Waals surface area contributed by atoms with E-state index in [4.69, 9.17) is 9.47 Å². The summed E-state index contributed by atoms with van der Waals surface area (Å²) in [4.78, 5) is 24.3. The molecule has 8 heteroatoms. The number of nitrogens with one attached hydrogen (secondary N) is 2. The Labute approximate surface area is 207 Å². The third-order valence-corrected chi connectivity index (χ3v) is 5.46. The lowest BCUT2D eigenvalue weighted by atomic mass is 10.1.